The van der Waals surface area contributed by atoms with Crippen molar-refractivity contribution in [1.82, 2.24) is 10.6 Å². The molecule has 0 fully saturated rings. The molecule has 0 saturated heterocycles. The van der Waals surface area contributed by atoms with Gasteiger partial charge in [-0.15, -0.1) is 6.42 Å². The Morgan fingerprint density at radius 1 is 1.07 bits per heavy atom. The van der Waals surface area contributed by atoms with Gasteiger partial charge in [-0.2, -0.15) is 0 Å². The molecule has 6 heteroatoms. The number of ether oxygens (including phenoxy) is 1. The molecule has 3 amide bonds. The van der Waals surface area contributed by atoms with Crippen molar-refractivity contribution in [3.63, 3.8) is 0 Å². The summed E-state index contributed by atoms with van der Waals surface area (Å²) in [5.41, 5.74) is 1.73. The molecule has 1 atom stereocenters. The van der Waals surface area contributed by atoms with Crippen LogP contribution in [-0.4, -0.2) is 31.1 Å². The third-order valence-electron chi connectivity index (χ3n) is 4.23. The minimum atomic E-state index is -0.627. The monoisotopic (exact) mass is 393 g/mol. The first-order valence-corrected chi connectivity index (χ1v) is 9.55. The van der Waals surface area contributed by atoms with Crippen LogP contribution in [0.25, 0.3) is 0 Å². The molecule has 0 spiro atoms. The van der Waals surface area contributed by atoms with Crippen LogP contribution in [-0.2, 0) is 11.2 Å². The Morgan fingerprint density at radius 3 is 2.38 bits per heavy atom. The second-order valence-electron chi connectivity index (χ2n) is 6.86. The Labute approximate surface area is 172 Å². The Kier molecular flexibility index (Phi) is 8.58. The average Bonchev–Trinajstić information content (AvgIpc) is 2.72. The highest BCUT2D eigenvalue weighted by molar-refractivity contribution is 5.93. The van der Waals surface area contributed by atoms with Gasteiger partial charge in [0.2, 0.25) is 5.91 Å². The van der Waals surface area contributed by atoms with Crippen LogP contribution in [0.3, 0.4) is 0 Å². The SMILES string of the molecule is C#CCOc1ccc(CCNC(=O)C(NC(=O)Nc2ccccc2)C(C)C)cc1. The summed E-state index contributed by atoms with van der Waals surface area (Å²) >= 11 is 0. The van der Waals surface area contributed by atoms with Gasteiger partial charge in [0.15, 0.2) is 0 Å². The molecule has 29 heavy (non-hydrogen) atoms. The lowest BCUT2D eigenvalue weighted by Gasteiger charge is -2.22. The van der Waals surface area contributed by atoms with Gasteiger partial charge in [-0.3, -0.25) is 4.79 Å². The molecule has 152 valence electrons. The van der Waals surface area contributed by atoms with E-state index in [9.17, 15) is 9.59 Å². The molecule has 0 bridgehead atoms. The Morgan fingerprint density at radius 2 is 1.76 bits per heavy atom. The molecule has 2 aromatic rings. The van der Waals surface area contributed by atoms with Crippen molar-refractivity contribution in [2.75, 3.05) is 18.5 Å². The van der Waals surface area contributed by atoms with Gasteiger partial charge < -0.3 is 20.7 Å². The van der Waals surface area contributed by atoms with E-state index in [1.807, 2.05) is 56.3 Å². The zero-order valence-electron chi connectivity index (χ0n) is 16.8. The molecule has 2 rings (SSSR count). The lowest BCUT2D eigenvalue weighted by molar-refractivity contribution is -0.123. The third kappa shape index (κ3) is 7.59. The Hall–Kier alpha value is -3.46. The zero-order chi connectivity index (χ0) is 21.1. The van der Waals surface area contributed by atoms with Gasteiger partial charge in [0.1, 0.15) is 18.4 Å². The second-order valence-corrected chi connectivity index (χ2v) is 6.86. The van der Waals surface area contributed by atoms with E-state index in [2.05, 4.69) is 21.9 Å². The van der Waals surface area contributed by atoms with Crippen molar-refractivity contribution in [1.29, 1.82) is 0 Å². The number of terminal acetylenes is 1. The summed E-state index contributed by atoms with van der Waals surface area (Å²) in [5.74, 6) is 2.87. The van der Waals surface area contributed by atoms with Crippen LogP contribution in [0.2, 0.25) is 0 Å². The number of benzene rings is 2. The summed E-state index contributed by atoms with van der Waals surface area (Å²) < 4.78 is 5.34. The fourth-order valence-electron chi connectivity index (χ4n) is 2.68. The molecule has 2 aromatic carbocycles. The van der Waals surface area contributed by atoms with E-state index in [-0.39, 0.29) is 18.4 Å². The molecule has 3 N–H and O–H groups in total. The van der Waals surface area contributed by atoms with Crippen molar-refractivity contribution in [3.8, 4) is 18.1 Å². The summed E-state index contributed by atoms with van der Waals surface area (Å²) in [6, 6.07) is 15.6. The molecule has 0 aliphatic heterocycles. The van der Waals surface area contributed by atoms with Crippen LogP contribution in [0.4, 0.5) is 10.5 Å². The Balaban J connectivity index is 1.81. The Bertz CT molecular complexity index is 827. The van der Waals surface area contributed by atoms with Gasteiger partial charge in [-0.05, 0) is 42.2 Å². The van der Waals surface area contributed by atoms with Crippen molar-refractivity contribution >= 4 is 17.6 Å². The van der Waals surface area contributed by atoms with Crippen molar-refractivity contribution in [2.45, 2.75) is 26.3 Å². The molecule has 0 radical (unpaired) electrons. The normalized spacial score (nSPS) is 11.2. The van der Waals surface area contributed by atoms with Crippen molar-refractivity contribution in [3.05, 3.63) is 60.2 Å². The molecule has 1 unspecified atom stereocenters. The predicted molar refractivity (Wildman–Crippen MR) is 115 cm³/mol. The standard InChI is InChI=1S/C23H27N3O3/c1-4-16-29-20-12-10-18(11-13-20)14-15-24-22(27)21(17(2)3)26-23(28)25-19-8-6-5-7-9-19/h1,5-13,17,21H,14-16H2,2-3H3,(H,24,27)(H2,25,26,28). The molecule has 6 nitrogen and oxygen atoms in total. The smallest absolute Gasteiger partial charge is 0.319 e. The van der Waals surface area contributed by atoms with Crippen LogP contribution in [0.1, 0.15) is 19.4 Å². The molecular formula is C23H27N3O3. The number of urea groups is 1. The topological polar surface area (TPSA) is 79.5 Å². The van der Waals surface area contributed by atoms with Gasteiger partial charge in [-0.25, -0.2) is 4.79 Å². The average molecular weight is 393 g/mol. The first-order valence-electron chi connectivity index (χ1n) is 9.55. The predicted octanol–water partition coefficient (Wildman–Crippen LogP) is 3.20. The lowest BCUT2D eigenvalue weighted by Crippen LogP contribution is -2.51. The van der Waals surface area contributed by atoms with Gasteiger partial charge in [0.05, 0.1) is 0 Å². The summed E-state index contributed by atoms with van der Waals surface area (Å²) in [5, 5.41) is 8.37. The molecule has 0 heterocycles. The number of carbonyl (C=O) groups is 2. The van der Waals surface area contributed by atoms with Crippen LogP contribution in [0, 0.1) is 18.3 Å². The summed E-state index contributed by atoms with van der Waals surface area (Å²) in [6.07, 6.45) is 5.84. The van der Waals surface area contributed by atoms with Crippen molar-refractivity contribution in [2.24, 2.45) is 5.92 Å². The van der Waals surface area contributed by atoms with Gasteiger partial charge in [0, 0.05) is 12.2 Å². The van der Waals surface area contributed by atoms with Crippen LogP contribution >= 0.6 is 0 Å². The number of hydrogen-bond acceptors (Lipinski definition) is 3. The largest absolute Gasteiger partial charge is 0.481 e. The maximum absolute atomic E-state index is 12.5. The van der Waals surface area contributed by atoms with E-state index in [4.69, 9.17) is 11.2 Å². The maximum atomic E-state index is 12.5. The first kappa shape index (κ1) is 21.8. The van der Waals surface area contributed by atoms with Gasteiger partial charge >= 0.3 is 6.03 Å². The molecular weight excluding hydrogens is 366 g/mol. The quantitative estimate of drug-likeness (QED) is 0.573. The first-order chi connectivity index (χ1) is 14.0. The molecule has 0 aromatic heterocycles. The fourth-order valence-corrected chi connectivity index (χ4v) is 2.68. The number of hydrogen-bond donors (Lipinski definition) is 3. The van der Waals surface area contributed by atoms with E-state index in [1.54, 1.807) is 12.1 Å². The maximum Gasteiger partial charge on any atom is 0.319 e. The van der Waals surface area contributed by atoms with E-state index < -0.39 is 12.1 Å². The minimum absolute atomic E-state index is 0.0517. The summed E-state index contributed by atoms with van der Waals surface area (Å²) in [4.78, 5) is 24.8. The van der Waals surface area contributed by atoms with Gasteiger partial charge in [-0.1, -0.05) is 50.1 Å². The van der Waals surface area contributed by atoms with E-state index in [0.29, 0.717) is 24.4 Å². The highest BCUT2D eigenvalue weighted by Gasteiger charge is 2.23. The van der Waals surface area contributed by atoms with Crippen LogP contribution in [0.15, 0.2) is 54.6 Å². The number of amides is 3. The fraction of sp³-hybridized carbons (Fsp3) is 0.304. The number of nitrogens with one attached hydrogen (secondary N) is 3. The van der Waals surface area contributed by atoms with Crippen LogP contribution in [0.5, 0.6) is 5.75 Å². The minimum Gasteiger partial charge on any atom is -0.481 e. The van der Waals surface area contributed by atoms with Crippen LogP contribution < -0.4 is 20.7 Å². The van der Waals surface area contributed by atoms with E-state index in [0.717, 1.165) is 5.56 Å². The van der Waals surface area contributed by atoms with E-state index >= 15 is 0 Å². The number of rotatable bonds is 9. The summed E-state index contributed by atoms with van der Waals surface area (Å²) in [7, 11) is 0. The second kappa shape index (κ2) is 11.4. The molecule has 0 saturated carbocycles. The lowest BCUT2D eigenvalue weighted by atomic mass is 10.0. The number of carbonyl (C=O) groups excluding carboxylic acids is 2. The van der Waals surface area contributed by atoms with E-state index in [1.165, 1.54) is 0 Å². The highest BCUT2D eigenvalue weighted by Crippen LogP contribution is 2.12. The summed E-state index contributed by atoms with van der Waals surface area (Å²) in [6.45, 7) is 4.48. The molecule has 0 aliphatic rings. The number of anilines is 1. The third-order valence-corrected chi connectivity index (χ3v) is 4.23. The van der Waals surface area contributed by atoms with Crippen molar-refractivity contribution < 1.29 is 14.3 Å². The van der Waals surface area contributed by atoms with Gasteiger partial charge in [0.25, 0.3) is 0 Å². The highest BCUT2D eigenvalue weighted by atomic mass is 16.5. The molecule has 0 aliphatic carbocycles. The number of para-hydroxylation sites is 1. The zero-order valence-corrected chi connectivity index (χ0v) is 16.8.